The normalized spacial score (nSPS) is 14.2. The molecule has 0 aromatic heterocycles. The molecule has 0 atom stereocenters. The van der Waals surface area contributed by atoms with Gasteiger partial charge in [0.1, 0.15) is 11.6 Å². The van der Waals surface area contributed by atoms with Crippen molar-refractivity contribution in [2.75, 3.05) is 13.7 Å². The molecule has 0 saturated heterocycles. The maximum absolute atomic E-state index is 13.9. The Morgan fingerprint density at radius 2 is 1.70 bits per heavy atom. The van der Waals surface area contributed by atoms with Crippen molar-refractivity contribution < 1.29 is 13.9 Å². The highest BCUT2D eigenvalue weighted by atomic mass is 19.1. The molecule has 1 N–H and O–H groups in total. The number of hydrogen-bond donors (Lipinski definition) is 1. The van der Waals surface area contributed by atoms with Crippen molar-refractivity contribution in [1.29, 1.82) is 0 Å². The molecule has 3 aromatic carbocycles. The van der Waals surface area contributed by atoms with E-state index in [4.69, 9.17) is 4.74 Å². The van der Waals surface area contributed by atoms with Crippen molar-refractivity contribution in [1.82, 2.24) is 5.32 Å². The van der Waals surface area contributed by atoms with Crippen molar-refractivity contribution in [3.8, 4) is 16.9 Å². The summed E-state index contributed by atoms with van der Waals surface area (Å²) in [6.07, 6.45) is 3.52. The molecule has 3 nitrogen and oxygen atoms in total. The van der Waals surface area contributed by atoms with E-state index in [0.29, 0.717) is 12.1 Å². The number of halogens is 1. The van der Waals surface area contributed by atoms with Gasteiger partial charge in [-0.2, -0.15) is 0 Å². The largest absolute Gasteiger partial charge is 0.497 e. The molecule has 0 aliphatic heterocycles. The maximum Gasteiger partial charge on any atom is 0.230 e. The van der Waals surface area contributed by atoms with Crippen molar-refractivity contribution in [2.45, 2.75) is 31.1 Å². The number of carbonyl (C=O) groups is 1. The first kappa shape index (κ1) is 20.1. The summed E-state index contributed by atoms with van der Waals surface area (Å²) in [6.45, 7) is 0.645. The zero-order chi connectivity index (χ0) is 21.0. The first-order valence-electron chi connectivity index (χ1n) is 10.4. The lowest BCUT2D eigenvalue weighted by molar-refractivity contribution is -0.123. The van der Waals surface area contributed by atoms with Gasteiger partial charge in [-0.1, -0.05) is 54.6 Å². The van der Waals surface area contributed by atoms with Crippen LogP contribution in [-0.4, -0.2) is 19.6 Å². The molecule has 30 heavy (non-hydrogen) atoms. The molecule has 1 amide bonds. The number of amides is 1. The molecule has 0 heterocycles. The van der Waals surface area contributed by atoms with E-state index in [0.717, 1.165) is 42.6 Å². The van der Waals surface area contributed by atoms with Gasteiger partial charge in [0.2, 0.25) is 5.91 Å². The molecule has 0 unspecified atom stereocenters. The molecule has 4 rings (SSSR count). The van der Waals surface area contributed by atoms with Crippen molar-refractivity contribution in [2.24, 2.45) is 0 Å². The van der Waals surface area contributed by atoms with Crippen molar-refractivity contribution in [3.05, 3.63) is 89.7 Å². The van der Waals surface area contributed by atoms with E-state index < -0.39 is 0 Å². The number of methoxy groups -OCH3 is 1. The number of nitrogens with one attached hydrogen (secondary N) is 1. The summed E-state index contributed by atoms with van der Waals surface area (Å²) in [7, 11) is 1.64. The van der Waals surface area contributed by atoms with Crippen LogP contribution in [0.1, 0.15) is 30.4 Å². The van der Waals surface area contributed by atoms with Gasteiger partial charge in [-0.05, 0) is 60.6 Å². The Balaban J connectivity index is 1.28. The Hall–Kier alpha value is -3.14. The molecule has 1 aliphatic rings. The summed E-state index contributed by atoms with van der Waals surface area (Å²) in [5.41, 5.74) is 3.36. The number of aryl methyl sites for hydroxylation is 1. The minimum absolute atomic E-state index is 0.113. The van der Waals surface area contributed by atoms with Gasteiger partial charge in [0.25, 0.3) is 0 Å². The van der Waals surface area contributed by atoms with Crippen LogP contribution in [-0.2, 0) is 16.6 Å². The lowest BCUT2D eigenvalue weighted by Crippen LogP contribution is -2.35. The minimum Gasteiger partial charge on any atom is -0.497 e. The van der Waals surface area contributed by atoms with E-state index in [2.05, 4.69) is 5.32 Å². The lowest BCUT2D eigenvalue weighted by Gasteiger charge is -2.16. The van der Waals surface area contributed by atoms with E-state index in [1.807, 2.05) is 54.6 Å². The van der Waals surface area contributed by atoms with Crippen LogP contribution in [0.5, 0.6) is 5.75 Å². The first-order chi connectivity index (χ1) is 14.6. The number of ether oxygens (including phenoxy) is 1. The third-order valence-electron chi connectivity index (χ3n) is 5.89. The second-order valence-electron chi connectivity index (χ2n) is 7.85. The first-order valence-corrected chi connectivity index (χ1v) is 10.4. The number of rotatable bonds is 8. The van der Waals surface area contributed by atoms with Crippen LogP contribution < -0.4 is 10.1 Å². The predicted molar refractivity (Wildman–Crippen MR) is 117 cm³/mol. The Morgan fingerprint density at radius 1 is 1.00 bits per heavy atom. The Bertz CT molecular complexity index is 1010. The summed E-state index contributed by atoms with van der Waals surface area (Å²) < 4.78 is 19.1. The van der Waals surface area contributed by atoms with Crippen LogP contribution in [0.15, 0.2) is 72.8 Å². The fourth-order valence-corrected chi connectivity index (χ4v) is 3.89. The van der Waals surface area contributed by atoms with Gasteiger partial charge in [0, 0.05) is 12.1 Å². The monoisotopic (exact) mass is 403 g/mol. The average Bonchev–Trinajstić information content (AvgIpc) is 3.60. The van der Waals surface area contributed by atoms with E-state index in [1.165, 1.54) is 11.6 Å². The van der Waals surface area contributed by atoms with Crippen LogP contribution in [0.25, 0.3) is 11.1 Å². The summed E-state index contributed by atoms with van der Waals surface area (Å²) in [6, 6.07) is 22.6. The van der Waals surface area contributed by atoms with Gasteiger partial charge < -0.3 is 10.1 Å². The second kappa shape index (κ2) is 8.70. The van der Waals surface area contributed by atoms with Gasteiger partial charge in [0.15, 0.2) is 0 Å². The molecule has 1 fully saturated rings. The standard InChI is InChI=1S/C26H26FNO2/c1-30-22-14-12-21(13-15-22)26(16-17-26)25(29)28-18-4-5-19-8-10-20(11-9-19)23-6-2-3-7-24(23)27/h2-3,6-15H,4-5,16-18H2,1H3,(H,28,29). The van der Waals surface area contributed by atoms with E-state index >= 15 is 0 Å². The number of hydrogen-bond acceptors (Lipinski definition) is 2. The quantitative estimate of drug-likeness (QED) is 0.520. The molecule has 154 valence electrons. The average molecular weight is 403 g/mol. The summed E-state index contributed by atoms with van der Waals surface area (Å²) in [4.78, 5) is 12.7. The Labute approximate surface area is 176 Å². The van der Waals surface area contributed by atoms with Crippen molar-refractivity contribution >= 4 is 5.91 Å². The zero-order valence-corrected chi connectivity index (χ0v) is 17.2. The minimum atomic E-state index is -0.367. The smallest absolute Gasteiger partial charge is 0.230 e. The van der Waals surface area contributed by atoms with Crippen LogP contribution >= 0.6 is 0 Å². The Morgan fingerprint density at radius 3 is 2.33 bits per heavy atom. The maximum atomic E-state index is 13.9. The summed E-state index contributed by atoms with van der Waals surface area (Å²) in [5, 5.41) is 3.11. The van der Waals surface area contributed by atoms with E-state index in [9.17, 15) is 9.18 Å². The van der Waals surface area contributed by atoms with Gasteiger partial charge in [-0.25, -0.2) is 4.39 Å². The molecule has 0 bridgehead atoms. The summed E-state index contributed by atoms with van der Waals surface area (Å²) in [5.74, 6) is 0.706. The predicted octanol–water partition coefficient (Wildman–Crippen LogP) is 5.28. The topological polar surface area (TPSA) is 38.3 Å². The fraction of sp³-hybridized carbons (Fsp3) is 0.269. The molecular weight excluding hydrogens is 377 g/mol. The van der Waals surface area contributed by atoms with Gasteiger partial charge in [-0.3, -0.25) is 4.79 Å². The second-order valence-corrected chi connectivity index (χ2v) is 7.85. The van der Waals surface area contributed by atoms with Gasteiger partial charge >= 0.3 is 0 Å². The van der Waals surface area contributed by atoms with E-state index in [-0.39, 0.29) is 17.1 Å². The highest BCUT2D eigenvalue weighted by molar-refractivity contribution is 5.91. The highest BCUT2D eigenvalue weighted by Crippen LogP contribution is 2.48. The molecule has 0 spiro atoms. The van der Waals surface area contributed by atoms with Crippen LogP contribution in [0.3, 0.4) is 0 Å². The lowest BCUT2D eigenvalue weighted by atomic mass is 9.95. The van der Waals surface area contributed by atoms with Crippen LogP contribution in [0.4, 0.5) is 4.39 Å². The summed E-state index contributed by atoms with van der Waals surface area (Å²) >= 11 is 0. The van der Waals surface area contributed by atoms with E-state index in [1.54, 1.807) is 19.2 Å². The number of carbonyl (C=O) groups excluding carboxylic acids is 1. The molecular formula is C26H26FNO2. The SMILES string of the molecule is COc1ccc(C2(C(=O)NCCCc3ccc(-c4ccccc4F)cc3)CC2)cc1. The van der Waals surface area contributed by atoms with Crippen molar-refractivity contribution in [3.63, 3.8) is 0 Å². The fourth-order valence-electron chi connectivity index (χ4n) is 3.89. The van der Waals surface area contributed by atoms with Gasteiger partial charge in [-0.15, -0.1) is 0 Å². The molecule has 1 saturated carbocycles. The van der Waals surface area contributed by atoms with Crippen LogP contribution in [0, 0.1) is 5.82 Å². The number of benzene rings is 3. The van der Waals surface area contributed by atoms with Crippen LogP contribution in [0.2, 0.25) is 0 Å². The molecule has 3 aromatic rings. The zero-order valence-electron chi connectivity index (χ0n) is 17.2. The molecule has 4 heteroatoms. The third kappa shape index (κ3) is 4.23. The Kier molecular flexibility index (Phi) is 5.84. The van der Waals surface area contributed by atoms with Gasteiger partial charge in [0.05, 0.1) is 12.5 Å². The molecule has 0 radical (unpaired) electrons. The molecule has 1 aliphatic carbocycles. The highest BCUT2D eigenvalue weighted by Gasteiger charge is 2.50. The third-order valence-corrected chi connectivity index (χ3v) is 5.89.